The Labute approximate surface area is 156 Å². The third-order valence-electron chi connectivity index (χ3n) is 3.09. The summed E-state index contributed by atoms with van der Waals surface area (Å²) in [4.78, 5) is 30.7. The number of nitrogens with zero attached hydrogens (tertiary/aromatic N) is 3. The van der Waals surface area contributed by atoms with Gasteiger partial charge in [0.2, 0.25) is 0 Å². The van der Waals surface area contributed by atoms with Gasteiger partial charge in [-0.05, 0) is 29.8 Å². The van der Waals surface area contributed by atoms with Crippen LogP contribution in [0.1, 0.15) is 5.56 Å². The third kappa shape index (κ3) is 5.37. The number of rotatable bonds is 8. The van der Waals surface area contributed by atoms with Crippen molar-refractivity contribution in [1.29, 1.82) is 0 Å². The van der Waals surface area contributed by atoms with E-state index in [1.165, 1.54) is 24.4 Å². The van der Waals surface area contributed by atoms with Crippen LogP contribution >= 0.6 is 11.6 Å². The predicted molar refractivity (Wildman–Crippen MR) is 95.6 cm³/mol. The predicted octanol–water partition coefficient (Wildman–Crippen LogP) is 3.07. The van der Waals surface area contributed by atoms with Crippen molar-refractivity contribution in [3.05, 3.63) is 67.2 Å². The molecule has 0 saturated heterocycles. The van der Waals surface area contributed by atoms with Gasteiger partial charge >= 0.3 is 11.7 Å². The van der Waals surface area contributed by atoms with E-state index in [-0.39, 0.29) is 16.5 Å². The van der Waals surface area contributed by atoms with E-state index in [4.69, 9.17) is 21.4 Å². The van der Waals surface area contributed by atoms with Crippen molar-refractivity contribution < 1.29 is 24.5 Å². The molecule has 0 aliphatic heterocycles. The average molecular weight is 395 g/mol. The van der Waals surface area contributed by atoms with Crippen molar-refractivity contribution in [2.45, 2.75) is 0 Å². The van der Waals surface area contributed by atoms with Crippen LogP contribution < -0.4 is 10.2 Å². The van der Waals surface area contributed by atoms with Crippen LogP contribution in [0.2, 0.25) is 5.02 Å². The zero-order valence-electron chi connectivity index (χ0n) is 13.4. The number of nitro benzene ring substituents is 2. The summed E-state index contributed by atoms with van der Waals surface area (Å²) in [5.41, 5.74) is 1.98. The number of hydrazone groups is 1. The number of nitrogens with one attached hydrogen (secondary N) is 1. The molecule has 27 heavy (non-hydrogen) atoms. The van der Waals surface area contributed by atoms with Crippen molar-refractivity contribution in [3.63, 3.8) is 0 Å². The number of hydrogen-bond acceptors (Lipinski definition) is 8. The Balaban J connectivity index is 2.13. The van der Waals surface area contributed by atoms with Crippen LogP contribution in [0.5, 0.6) is 5.75 Å². The minimum Gasteiger partial charge on any atom is -0.480 e. The highest BCUT2D eigenvalue weighted by atomic mass is 35.5. The Kier molecular flexibility index (Phi) is 6.23. The van der Waals surface area contributed by atoms with Crippen molar-refractivity contribution in [2.75, 3.05) is 12.0 Å². The number of halogens is 1. The maximum atomic E-state index is 11.0. The molecule has 0 saturated carbocycles. The van der Waals surface area contributed by atoms with Gasteiger partial charge in [-0.1, -0.05) is 11.6 Å². The molecule has 140 valence electrons. The molecule has 0 spiro atoms. The molecule has 2 aromatic carbocycles. The van der Waals surface area contributed by atoms with Gasteiger partial charge in [-0.2, -0.15) is 5.10 Å². The highest BCUT2D eigenvalue weighted by molar-refractivity contribution is 6.32. The third-order valence-corrected chi connectivity index (χ3v) is 3.39. The lowest BCUT2D eigenvalue weighted by atomic mass is 10.2. The fourth-order valence-corrected chi connectivity index (χ4v) is 2.15. The second-order valence-corrected chi connectivity index (χ2v) is 5.37. The Bertz CT molecular complexity index is 932. The summed E-state index contributed by atoms with van der Waals surface area (Å²) in [5, 5.41) is 34.3. The van der Waals surface area contributed by atoms with Crippen LogP contribution in [0.15, 0.2) is 41.5 Å². The Morgan fingerprint density at radius 3 is 2.56 bits per heavy atom. The summed E-state index contributed by atoms with van der Waals surface area (Å²) in [6, 6.07) is 7.54. The maximum absolute atomic E-state index is 11.0. The molecule has 12 heteroatoms. The highest BCUT2D eigenvalue weighted by Gasteiger charge is 2.19. The second kappa shape index (κ2) is 8.58. The number of carboxylic acid groups (broad SMARTS) is 1. The van der Waals surface area contributed by atoms with Crippen LogP contribution in [0.25, 0.3) is 0 Å². The van der Waals surface area contributed by atoms with Crippen LogP contribution in [0.4, 0.5) is 17.1 Å². The number of carboxylic acids is 1. The lowest BCUT2D eigenvalue weighted by Gasteiger charge is -2.06. The van der Waals surface area contributed by atoms with Gasteiger partial charge in [-0.3, -0.25) is 25.7 Å². The summed E-state index contributed by atoms with van der Waals surface area (Å²) in [5.74, 6) is -0.971. The molecule has 0 heterocycles. The van der Waals surface area contributed by atoms with Gasteiger partial charge in [0, 0.05) is 6.07 Å². The average Bonchev–Trinajstić information content (AvgIpc) is 2.60. The van der Waals surface area contributed by atoms with E-state index in [1.54, 1.807) is 6.07 Å². The molecule has 2 N–H and O–H groups in total. The first-order chi connectivity index (χ1) is 12.8. The number of non-ortho nitro benzene ring substituents is 1. The number of aliphatic carboxylic acids is 1. The molecule has 0 unspecified atom stereocenters. The molecule has 2 aromatic rings. The quantitative estimate of drug-likeness (QED) is 0.392. The topological polar surface area (TPSA) is 157 Å². The zero-order valence-corrected chi connectivity index (χ0v) is 14.1. The van der Waals surface area contributed by atoms with Gasteiger partial charge in [0.25, 0.3) is 5.69 Å². The number of nitro groups is 2. The standard InChI is InChI=1S/C15H11ClN4O7/c16-11-5-9(1-4-14(11)27-8-15(21)22)7-17-18-12-3-2-10(19(23)24)6-13(12)20(25)26/h1-7,18H,8H2,(H,21,22)/b17-7-. The summed E-state index contributed by atoms with van der Waals surface area (Å²) in [6.45, 7) is -0.543. The Morgan fingerprint density at radius 2 is 1.96 bits per heavy atom. The summed E-state index contributed by atoms with van der Waals surface area (Å²) < 4.78 is 4.98. The molecule has 0 atom stereocenters. The normalized spacial score (nSPS) is 10.6. The van der Waals surface area contributed by atoms with E-state index < -0.39 is 33.8 Å². The Hall–Kier alpha value is -3.73. The van der Waals surface area contributed by atoms with Crippen LogP contribution in [-0.4, -0.2) is 33.7 Å². The Morgan fingerprint density at radius 1 is 1.22 bits per heavy atom. The minimum absolute atomic E-state index is 0.0330. The van der Waals surface area contributed by atoms with Gasteiger partial charge in [-0.15, -0.1) is 0 Å². The summed E-state index contributed by atoms with van der Waals surface area (Å²) in [7, 11) is 0. The van der Waals surface area contributed by atoms with Gasteiger partial charge < -0.3 is 9.84 Å². The van der Waals surface area contributed by atoms with Crippen molar-refractivity contribution in [1.82, 2.24) is 0 Å². The molecule has 0 aromatic heterocycles. The van der Waals surface area contributed by atoms with E-state index >= 15 is 0 Å². The molecule has 0 bridgehead atoms. The number of carbonyl (C=O) groups is 1. The van der Waals surface area contributed by atoms with E-state index in [0.717, 1.165) is 12.1 Å². The number of anilines is 1. The first kappa shape index (κ1) is 19.6. The molecule has 0 fully saturated rings. The minimum atomic E-state index is -1.15. The smallest absolute Gasteiger partial charge is 0.341 e. The fraction of sp³-hybridized carbons (Fsp3) is 0.0667. The van der Waals surface area contributed by atoms with Crippen LogP contribution in [0.3, 0.4) is 0 Å². The van der Waals surface area contributed by atoms with Gasteiger partial charge in [0.05, 0.1) is 27.2 Å². The monoisotopic (exact) mass is 394 g/mol. The maximum Gasteiger partial charge on any atom is 0.341 e. The van der Waals surface area contributed by atoms with Gasteiger partial charge in [0.15, 0.2) is 6.61 Å². The molecule has 0 amide bonds. The largest absolute Gasteiger partial charge is 0.480 e. The first-order valence-corrected chi connectivity index (χ1v) is 7.52. The van der Waals surface area contributed by atoms with E-state index in [1.807, 2.05) is 0 Å². The summed E-state index contributed by atoms with van der Waals surface area (Å²) in [6.07, 6.45) is 1.30. The molecular formula is C15H11ClN4O7. The van der Waals surface area contributed by atoms with Crippen molar-refractivity contribution in [3.8, 4) is 5.75 Å². The van der Waals surface area contributed by atoms with E-state index in [9.17, 15) is 25.0 Å². The van der Waals surface area contributed by atoms with Crippen molar-refractivity contribution in [2.24, 2.45) is 5.10 Å². The number of ether oxygens (including phenoxy) is 1. The molecular weight excluding hydrogens is 384 g/mol. The highest BCUT2D eigenvalue weighted by Crippen LogP contribution is 2.29. The zero-order chi connectivity index (χ0) is 20.0. The molecule has 0 aliphatic rings. The van der Waals surface area contributed by atoms with Gasteiger partial charge in [0.1, 0.15) is 11.4 Å². The number of hydrogen-bond donors (Lipinski definition) is 2. The molecule has 0 aliphatic carbocycles. The van der Waals surface area contributed by atoms with Crippen LogP contribution in [0, 0.1) is 20.2 Å². The summed E-state index contributed by atoms with van der Waals surface area (Å²) >= 11 is 5.97. The molecule has 0 radical (unpaired) electrons. The molecule has 2 rings (SSSR count). The lowest BCUT2D eigenvalue weighted by molar-refractivity contribution is -0.393. The number of benzene rings is 2. The second-order valence-electron chi connectivity index (χ2n) is 4.96. The van der Waals surface area contributed by atoms with E-state index in [2.05, 4.69) is 10.5 Å². The fourth-order valence-electron chi connectivity index (χ4n) is 1.91. The van der Waals surface area contributed by atoms with Crippen molar-refractivity contribution >= 4 is 40.8 Å². The lowest BCUT2D eigenvalue weighted by Crippen LogP contribution is -2.09. The first-order valence-electron chi connectivity index (χ1n) is 7.14. The van der Waals surface area contributed by atoms with Crippen LogP contribution in [-0.2, 0) is 4.79 Å². The SMILES string of the molecule is O=C(O)COc1ccc(/C=N\Nc2ccc([N+](=O)[O-])cc2[N+](=O)[O-])cc1Cl. The molecule has 11 nitrogen and oxygen atoms in total. The van der Waals surface area contributed by atoms with Gasteiger partial charge in [-0.25, -0.2) is 4.79 Å². The van der Waals surface area contributed by atoms with E-state index in [0.29, 0.717) is 5.56 Å².